The summed E-state index contributed by atoms with van der Waals surface area (Å²) in [6, 6.07) is 10.0. The number of allylic oxidation sites excluding steroid dienone is 1. The van der Waals surface area contributed by atoms with Crippen LogP contribution in [0.3, 0.4) is 0 Å². The summed E-state index contributed by atoms with van der Waals surface area (Å²) in [5.74, 6) is 1.48. The first-order valence-corrected chi connectivity index (χ1v) is 10.7. The lowest BCUT2D eigenvalue weighted by Crippen LogP contribution is -2.21. The number of urea groups is 1. The Morgan fingerprint density at radius 2 is 1.91 bits per heavy atom. The van der Waals surface area contributed by atoms with Crippen LogP contribution in [0, 0.1) is 0 Å². The predicted molar refractivity (Wildman–Crippen MR) is 134 cm³/mol. The van der Waals surface area contributed by atoms with E-state index in [4.69, 9.17) is 4.74 Å². The van der Waals surface area contributed by atoms with E-state index < -0.39 is 6.03 Å². The quantitative estimate of drug-likeness (QED) is 0.356. The largest absolute Gasteiger partial charge is 0.454 e. The molecule has 0 aliphatic heterocycles. The maximum Gasteiger partial charge on any atom is 0.327 e. The predicted octanol–water partition coefficient (Wildman–Crippen LogP) is 4.01. The molecule has 11 nitrogen and oxygen atoms in total. The van der Waals surface area contributed by atoms with Crippen molar-refractivity contribution < 1.29 is 9.53 Å². The number of nitrogens with one attached hydrogen (secondary N) is 3. The Morgan fingerprint density at radius 3 is 2.69 bits per heavy atom. The summed E-state index contributed by atoms with van der Waals surface area (Å²) in [5.41, 5.74) is 3.22. The van der Waals surface area contributed by atoms with Gasteiger partial charge in [-0.1, -0.05) is 6.58 Å². The zero-order valence-electron chi connectivity index (χ0n) is 19.3. The van der Waals surface area contributed by atoms with Crippen molar-refractivity contribution in [1.29, 1.82) is 0 Å². The highest BCUT2D eigenvalue weighted by atomic mass is 16.5. The van der Waals surface area contributed by atoms with Gasteiger partial charge in [0.2, 0.25) is 0 Å². The lowest BCUT2D eigenvalue weighted by molar-refractivity contribution is 0.262. The van der Waals surface area contributed by atoms with Gasteiger partial charge in [0, 0.05) is 44.0 Å². The van der Waals surface area contributed by atoms with Crippen LogP contribution in [-0.4, -0.2) is 35.3 Å². The molecule has 176 valence electrons. The molecule has 0 atom stereocenters. The summed E-state index contributed by atoms with van der Waals surface area (Å²) in [6.07, 6.45) is 3.21. The van der Waals surface area contributed by atoms with Gasteiger partial charge in [0.05, 0.1) is 16.9 Å². The molecule has 0 spiro atoms. The number of aromatic amines is 1. The van der Waals surface area contributed by atoms with Crippen molar-refractivity contribution in [3.8, 4) is 11.5 Å². The van der Waals surface area contributed by atoms with Crippen LogP contribution in [0.2, 0.25) is 0 Å². The third kappa shape index (κ3) is 3.99. The minimum atomic E-state index is -0.445. The second kappa shape index (κ2) is 8.45. The Bertz CT molecular complexity index is 1680. The zero-order chi connectivity index (χ0) is 24.7. The number of carbonyl (C=O) groups is 1. The van der Waals surface area contributed by atoms with Crippen molar-refractivity contribution in [3.63, 3.8) is 0 Å². The smallest absolute Gasteiger partial charge is 0.327 e. The van der Waals surface area contributed by atoms with E-state index in [0.717, 1.165) is 5.57 Å². The summed E-state index contributed by atoms with van der Waals surface area (Å²) in [5, 5.41) is 10.6. The first kappa shape index (κ1) is 21.9. The van der Waals surface area contributed by atoms with Gasteiger partial charge in [-0.2, -0.15) is 5.10 Å². The summed E-state index contributed by atoms with van der Waals surface area (Å²) >= 11 is 0. The number of anilines is 2. The van der Waals surface area contributed by atoms with Gasteiger partial charge in [-0.25, -0.2) is 14.6 Å². The monoisotopic (exact) mass is 470 g/mol. The molecule has 0 bridgehead atoms. The van der Waals surface area contributed by atoms with Crippen molar-refractivity contribution >= 4 is 45.2 Å². The van der Waals surface area contributed by atoms with Gasteiger partial charge in [0.25, 0.3) is 0 Å². The summed E-state index contributed by atoms with van der Waals surface area (Å²) in [7, 11) is 3.37. The minimum absolute atomic E-state index is 0.288. The highest BCUT2D eigenvalue weighted by molar-refractivity contribution is 6.06. The number of pyridine rings is 2. The number of carbonyl (C=O) groups excluding carboxylic acids is 1. The molecule has 0 fully saturated rings. The molecule has 0 aliphatic rings. The molecule has 4 heterocycles. The van der Waals surface area contributed by atoms with Crippen molar-refractivity contribution in [3.05, 3.63) is 71.5 Å². The van der Waals surface area contributed by atoms with Crippen LogP contribution in [0.15, 0.2) is 60.2 Å². The lowest BCUT2D eigenvalue weighted by Gasteiger charge is -2.13. The third-order valence-corrected chi connectivity index (χ3v) is 5.50. The molecule has 3 N–H and O–H groups in total. The van der Waals surface area contributed by atoms with Crippen LogP contribution in [0.25, 0.3) is 27.6 Å². The van der Waals surface area contributed by atoms with E-state index in [0.29, 0.717) is 50.8 Å². The van der Waals surface area contributed by atoms with Crippen molar-refractivity contribution in [2.75, 3.05) is 10.6 Å². The van der Waals surface area contributed by atoms with E-state index in [2.05, 4.69) is 37.3 Å². The molecule has 2 amide bonds. The SMILES string of the molecule is C=C(C)c1cc(NC(=O)Nc2ccc(Oc3ccnc4c3[nH]c(=O)n4C)c3cccnc23)n(C)n1. The maximum absolute atomic E-state index is 12.7. The molecule has 5 rings (SSSR count). The van der Waals surface area contributed by atoms with Gasteiger partial charge in [0.15, 0.2) is 11.4 Å². The van der Waals surface area contributed by atoms with Gasteiger partial charge < -0.3 is 15.0 Å². The number of rotatable bonds is 5. The van der Waals surface area contributed by atoms with E-state index in [-0.39, 0.29) is 5.69 Å². The standard InChI is InChI=1S/C24H22N8O3/c1-13(2)16-12-19(32(4)30-16)28-23(33)27-15-7-8-17(14-6-5-10-25-20(14)15)35-18-9-11-26-22-21(18)29-24(34)31(22)3/h5-12H,1H2,2-4H3,(H,29,34)(H2,27,28,33). The van der Waals surface area contributed by atoms with Crippen molar-refractivity contribution in [2.45, 2.75) is 6.92 Å². The number of ether oxygens (including phenoxy) is 1. The number of amides is 2. The molecule has 5 aromatic rings. The molecule has 0 radical (unpaired) electrons. The minimum Gasteiger partial charge on any atom is -0.454 e. The molecule has 0 unspecified atom stereocenters. The Labute approximate surface area is 199 Å². The molecule has 35 heavy (non-hydrogen) atoms. The maximum atomic E-state index is 12.7. The molecular weight excluding hydrogens is 448 g/mol. The molecule has 4 aromatic heterocycles. The van der Waals surface area contributed by atoms with Crippen LogP contribution < -0.4 is 21.1 Å². The Hall–Kier alpha value is -4.93. The van der Waals surface area contributed by atoms with Crippen LogP contribution in [0.4, 0.5) is 16.3 Å². The van der Waals surface area contributed by atoms with E-state index in [1.165, 1.54) is 4.57 Å². The number of hydrogen-bond acceptors (Lipinski definition) is 6. The number of aromatic nitrogens is 6. The van der Waals surface area contributed by atoms with Crippen LogP contribution in [0.1, 0.15) is 12.6 Å². The summed E-state index contributed by atoms with van der Waals surface area (Å²) < 4.78 is 9.14. The first-order valence-electron chi connectivity index (χ1n) is 10.7. The van der Waals surface area contributed by atoms with Crippen molar-refractivity contribution in [1.82, 2.24) is 29.3 Å². The Kier molecular flexibility index (Phi) is 5.28. The lowest BCUT2D eigenvalue weighted by atomic mass is 10.1. The van der Waals surface area contributed by atoms with E-state index in [1.54, 1.807) is 61.5 Å². The number of hydrogen-bond donors (Lipinski definition) is 3. The molecular formula is C24H22N8O3. The van der Waals surface area contributed by atoms with E-state index in [1.807, 2.05) is 13.0 Å². The average Bonchev–Trinajstić information content (AvgIpc) is 3.35. The summed E-state index contributed by atoms with van der Waals surface area (Å²) in [4.78, 5) is 36.2. The van der Waals surface area contributed by atoms with Gasteiger partial charge >= 0.3 is 11.7 Å². The highest BCUT2D eigenvalue weighted by Gasteiger charge is 2.16. The number of benzene rings is 1. The fraction of sp³-hybridized carbons (Fsp3) is 0.125. The highest BCUT2D eigenvalue weighted by Crippen LogP contribution is 2.35. The zero-order valence-corrected chi connectivity index (χ0v) is 19.3. The van der Waals surface area contributed by atoms with Crippen LogP contribution in [0.5, 0.6) is 11.5 Å². The number of nitrogens with zero attached hydrogens (tertiary/aromatic N) is 5. The summed E-state index contributed by atoms with van der Waals surface area (Å²) in [6.45, 7) is 5.72. The fourth-order valence-electron chi connectivity index (χ4n) is 3.69. The van der Waals surface area contributed by atoms with E-state index >= 15 is 0 Å². The number of aryl methyl sites for hydroxylation is 2. The number of H-pyrrole nitrogens is 1. The molecule has 0 saturated carbocycles. The van der Waals surface area contributed by atoms with Crippen LogP contribution in [-0.2, 0) is 14.1 Å². The van der Waals surface area contributed by atoms with Crippen LogP contribution >= 0.6 is 0 Å². The normalized spacial score (nSPS) is 11.1. The van der Waals surface area contributed by atoms with Crippen molar-refractivity contribution in [2.24, 2.45) is 14.1 Å². The number of imidazole rings is 1. The second-order valence-corrected chi connectivity index (χ2v) is 8.01. The average molecular weight is 470 g/mol. The molecule has 1 aromatic carbocycles. The third-order valence-electron chi connectivity index (χ3n) is 5.50. The molecule has 0 saturated heterocycles. The first-order chi connectivity index (χ1) is 16.8. The van der Waals surface area contributed by atoms with Gasteiger partial charge in [-0.15, -0.1) is 0 Å². The fourth-order valence-corrected chi connectivity index (χ4v) is 3.69. The Balaban J connectivity index is 1.45. The van der Waals surface area contributed by atoms with Gasteiger partial charge in [0.1, 0.15) is 17.1 Å². The van der Waals surface area contributed by atoms with E-state index in [9.17, 15) is 9.59 Å². The molecule has 11 heteroatoms. The Morgan fingerprint density at radius 1 is 1.09 bits per heavy atom. The van der Waals surface area contributed by atoms with Gasteiger partial charge in [-0.3, -0.25) is 19.5 Å². The molecule has 0 aliphatic carbocycles. The van der Waals surface area contributed by atoms with Gasteiger partial charge in [-0.05, 0) is 36.8 Å². The topological polar surface area (TPSA) is 132 Å². The second-order valence-electron chi connectivity index (χ2n) is 8.01. The number of fused-ring (bicyclic) bond motifs is 2.